The summed E-state index contributed by atoms with van der Waals surface area (Å²) in [6.07, 6.45) is 0.373. The van der Waals surface area contributed by atoms with Crippen molar-refractivity contribution in [2.24, 2.45) is 11.8 Å². The predicted molar refractivity (Wildman–Crippen MR) is 141 cm³/mol. The minimum absolute atomic E-state index is 0.00370. The van der Waals surface area contributed by atoms with E-state index in [0.29, 0.717) is 10.9 Å². The number of nitrogens with zero attached hydrogens (tertiary/aromatic N) is 3. The molecule has 7 rings (SSSR count). The molecule has 0 saturated carbocycles. The number of rotatable bonds is 4. The molecule has 11 heteroatoms. The van der Waals surface area contributed by atoms with Crippen molar-refractivity contribution in [1.82, 2.24) is 4.98 Å². The molecule has 3 saturated heterocycles. The molecule has 3 aromatic rings. The number of pyridine rings is 1. The number of aromatic nitrogens is 1. The number of ether oxygens (including phenoxy) is 1. The Morgan fingerprint density at radius 2 is 1.85 bits per heavy atom. The third-order valence-electron chi connectivity index (χ3n) is 9.16. The van der Waals surface area contributed by atoms with Crippen molar-refractivity contribution in [3.05, 3.63) is 71.7 Å². The van der Waals surface area contributed by atoms with Gasteiger partial charge in [0, 0.05) is 23.6 Å². The first-order chi connectivity index (χ1) is 19.0. The number of amides is 2. The molecule has 4 aliphatic rings. The van der Waals surface area contributed by atoms with Crippen molar-refractivity contribution < 1.29 is 32.6 Å². The molecule has 4 aliphatic heterocycles. The number of anilines is 1. The topological polar surface area (TPSA) is 135 Å². The SMILES string of the molecule is [C-]#[N+]c1ccc(N2C(=O)[C@@H]3[C@H](C2=O)C2(C)OC3(CCC3C(=O)c4ccccc4S3(=O)=O)C[C@H]2O)c2cccnc12. The van der Waals surface area contributed by atoms with Crippen LogP contribution >= 0.6 is 0 Å². The highest BCUT2D eigenvalue weighted by atomic mass is 32.2. The fourth-order valence-corrected chi connectivity index (χ4v) is 9.22. The lowest BCUT2D eigenvalue weighted by Crippen LogP contribution is -2.49. The van der Waals surface area contributed by atoms with Gasteiger partial charge in [-0.15, -0.1) is 0 Å². The third-order valence-corrected chi connectivity index (χ3v) is 11.3. The molecule has 202 valence electrons. The van der Waals surface area contributed by atoms with E-state index in [9.17, 15) is 27.9 Å². The number of aliphatic hydroxyl groups is 1. The van der Waals surface area contributed by atoms with Crippen molar-refractivity contribution in [1.29, 1.82) is 0 Å². The summed E-state index contributed by atoms with van der Waals surface area (Å²) in [7, 11) is -3.93. The Kier molecular flexibility index (Phi) is 5.03. The van der Waals surface area contributed by atoms with E-state index in [-0.39, 0.29) is 41.1 Å². The molecule has 1 aromatic heterocycles. The number of Topliss-reactive ketones (excluding diaryl/α,β-unsaturated/α-hetero) is 1. The highest BCUT2D eigenvalue weighted by Gasteiger charge is 2.77. The van der Waals surface area contributed by atoms with Gasteiger partial charge in [-0.3, -0.25) is 19.4 Å². The first-order valence-corrected chi connectivity index (χ1v) is 14.5. The lowest BCUT2D eigenvalue weighted by molar-refractivity contribution is -0.133. The molecule has 2 aromatic carbocycles. The Morgan fingerprint density at radius 3 is 2.60 bits per heavy atom. The minimum atomic E-state index is -3.93. The highest BCUT2D eigenvalue weighted by molar-refractivity contribution is 7.93. The second-order valence-electron chi connectivity index (χ2n) is 11.1. The summed E-state index contributed by atoms with van der Waals surface area (Å²) in [6, 6.07) is 12.5. The summed E-state index contributed by atoms with van der Waals surface area (Å²) in [6.45, 7) is 9.06. The lowest BCUT2D eigenvalue weighted by atomic mass is 9.65. The Labute approximate surface area is 229 Å². The summed E-state index contributed by atoms with van der Waals surface area (Å²) in [5.41, 5.74) is -1.61. The molecule has 0 spiro atoms. The first kappa shape index (κ1) is 25.0. The summed E-state index contributed by atoms with van der Waals surface area (Å²) in [4.78, 5) is 49.9. The van der Waals surface area contributed by atoms with Crippen molar-refractivity contribution in [3.8, 4) is 0 Å². The minimum Gasteiger partial charge on any atom is -0.390 e. The molecule has 3 fully saturated rings. The number of imide groups is 1. The molecular formula is C29H23N3O7S. The van der Waals surface area contributed by atoms with Gasteiger partial charge >= 0.3 is 0 Å². The van der Waals surface area contributed by atoms with Crippen LogP contribution < -0.4 is 4.90 Å². The molecule has 1 N–H and O–H groups in total. The lowest BCUT2D eigenvalue weighted by Gasteiger charge is -2.33. The normalized spacial score (nSPS) is 33.4. The van der Waals surface area contributed by atoms with Gasteiger partial charge in [-0.1, -0.05) is 30.3 Å². The van der Waals surface area contributed by atoms with Gasteiger partial charge in [-0.25, -0.2) is 18.2 Å². The van der Waals surface area contributed by atoms with Gasteiger partial charge in [0.15, 0.2) is 15.6 Å². The first-order valence-electron chi connectivity index (χ1n) is 12.9. The van der Waals surface area contributed by atoms with Gasteiger partial charge in [0.25, 0.3) is 0 Å². The van der Waals surface area contributed by atoms with Gasteiger partial charge in [0.05, 0.1) is 46.2 Å². The second kappa shape index (κ2) is 8.04. The van der Waals surface area contributed by atoms with Crippen LogP contribution in [0.5, 0.6) is 0 Å². The van der Waals surface area contributed by atoms with Crippen LogP contribution in [0, 0.1) is 18.4 Å². The van der Waals surface area contributed by atoms with Crippen molar-refractivity contribution in [2.45, 2.75) is 53.6 Å². The van der Waals surface area contributed by atoms with Crippen LogP contribution in [0.1, 0.15) is 36.5 Å². The van der Waals surface area contributed by atoms with Crippen LogP contribution in [0.15, 0.2) is 59.6 Å². The van der Waals surface area contributed by atoms with E-state index in [2.05, 4.69) is 9.83 Å². The van der Waals surface area contributed by atoms with E-state index < -0.39 is 61.8 Å². The number of carbonyl (C=O) groups is 3. The number of hydrogen-bond acceptors (Lipinski definition) is 8. The van der Waals surface area contributed by atoms with Gasteiger partial charge in [-0.05, 0) is 38.0 Å². The zero-order valence-corrected chi connectivity index (χ0v) is 22.1. The van der Waals surface area contributed by atoms with Gasteiger partial charge in [0.1, 0.15) is 10.9 Å². The van der Waals surface area contributed by atoms with Gasteiger partial charge < -0.3 is 9.84 Å². The summed E-state index contributed by atoms with van der Waals surface area (Å²) >= 11 is 0. The molecule has 5 heterocycles. The van der Waals surface area contributed by atoms with Gasteiger partial charge in [0.2, 0.25) is 17.5 Å². The highest BCUT2D eigenvalue weighted by Crippen LogP contribution is 2.63. The Bertz CT molecular complexity index is 1830. The molecule has 0 radical (unpaired) electrons. The fraction of sp³-hybridized carbons (Fsp3) is 0.345. The average molecular weight is 558 g/mol. The quantitative estimate of drug-likeness (QED) is 0.382. The molecule has 3 unspecified atom stereocenters. The van der Waals surface area contributed by atoms with Crippen LogP contribution in [-0.4, -0.2) is 58.7 Å². The number of aliphatic hydroxyl groups excluding tert-OH is 1. The maximum absolute atomic E-state index is 14.1. The number of hydrogen-bond donors (Lipinski definition) is 1. The predicted octanol–water partition coefficient (Wildman–Crippen LogP) is 3.00. The van der Waals surface area contributed by atoms with Crippen LogP contribution in [0.3, 0.4) is 0 Å². The van der Waals surface area contributed by atoms with Crippen LogP contribution in [0.4, 0.5) is 11.4 Å². The van der Waals surface area contributed by atoms with Crippen LogP contribution in [-0.2, 0) is 24.2 Å². The van der Waals surface area contributed by atoms with E-state index in [1.165, 1.54) is 24.4 Å². The average Bonchev–Trinajstić information content (AvgIpc) is 3.54. The van der Waals surface area contributed by atoms with E-state index in [1.54, 1.807) is 37.3 Å². The largest absolute Gasteiger partial charge is 0.390 e. The number of benzene rings is 2. The fourth-order valence-electron chi connectivity index (χ4n) is 7.34. The summed E-state index contributed by atoms with van der Waals surface area (Å²) in [5, 5.41) is 10.2. The van der Waals surface area contributed by atoms with E-state index in [4.69, 9.17) is 11.3 Å². The molecule has 0 aliphatic carbocycles. The standard InChI is InChI=1S/C29H23N3O7S/c1-28-21(33)14-29(39-28,12-11-20-25(34)16-6-3-4-8-19(16)40(20,37)38)23-22(28)26(35)32(27(23)36)18-10-9-17(30-2)24-15(18)7-5-13-31-24/h3-10,13,20-23,33H,11-12,14H2,1H3/t20?,21-,22-,23+,28?,29?/m1/s1. The monoisotopic (exact) mass is 557 g/mol. The van der Waals surface area contributed by atoms with E-state index >= 15 is 0 Å². The van der Waals surface area contributed by atoms with Crippen LogP contribution in [0.25, 0.3) is 15.7 Å². The second-order valence-corrected chi connectivity index (χ2v) is 13.2. The zero-order valence-electron chi connectivity index (χ0n) is 21.3. The molecule has 2 bridgehead atoms. The summed E-state index contributed by atoms with van der Waals surface area (Å²) in [5.74, 6) is -3.52. The Balaban J connectivity index is 1.27. The number of ketones is 1. The Morgan fingerprint density at radius 1 is 1.10 bits per heavy atom. The number of sulfone groups is 1. The van der Waals surface area contributed by atoms with Crippen molar-refractivity contribution in [3.63, 3.8) is 0 Å². The van der Waals surface area contributed by atoms with Crippen molar-refractivity contribution >= 4 is 49.7 Å². The van der Waals surface area contributed by atoms with Crippen molar-refractivity contribution in [2.75, 3.05) is 4.90 Å². The number of fused-ring (bicyclic) bond motifs is 7. The molecule has 2 amide bonds. The molecule has 6 atom stereocenters. The third kappa shape index (κ3) is 2.96. The molecular weight excluding hydrogens is 534 g/mol. The maximum Gasteiger partial charge on any atom is 0.240 e. The Hall–Kier alpha value is -3.98. The zero-order chi connectivity index (χ0) is 28.2. The van der Waals surface area contributed by atoms with Gasteiger partial charge in [-0.2, -0.15) is 0 Å². The molecule has 40 heavy (non-hydrogen) atoms. The maximum atomic E-state index is 14.1. The number of carbonyl (C=O) groups excluding carboxylic acids is 3. The molecule has 10 nitrogen and oxygen atoms in total. The van der Waals surface area contributed by atoms with E-state index in [1.807, 2.05) is 0 Å². The van der Waals surface area contributed by atoms with Crippen LogP contribution in [0.2, 0.25) is 0 Å². The smallest absolute Gasteiger partial charge is 0.240 e. The summed E-state index contributed by atoms with van der Waals surface area (Å²) < 4.78 is 32.8. The van der Waals surface area contributed by atoms with E-state index in [0.717, 1.165) is 4.90 Å².